The average molecular weight is 411 g/mol. The molecule has 0 spiro atoms. The topological polar surface area (TPSA) is 61.8 Å². The Bertz CT molecular complexity index is 966. The van der Waals surface area contributed by atoms with Crippen molar-refractivity contribution in [2.45, 2.75) is 20.8 Å². The van der Waals surface area contributed by atoms with E-state index in [0.717, 1.165) is 16.5 Å². The molecule has 5 nitrogen and oxygen atoms in total. The molecule has 2 aromatic rings. The van der Waals surface area contributed by atoms with Crippen LogP contribution in [-0.2, 0) is 0 Å². The molecule has 6 heteroatoms. The van der Waals surface area contributed by atoms with E-state index in [1.807, 2.05) is 24.3 Å². The molecule has 1 aliphatic rings. The van der Waals surface area contributed by atoms with Crippen molar-refractivity contribution in [1.29, 1.82) is 0 Å². The summed E-state index contributed by atoms with van der Waals surface area (Å²) in [4.78, 5) is 15.7. The Hall–Kier alpha value is -2.86. The fourth-order valence-electron chi connectivity index (χ4n) is 3.06. The van der Waals surface area contributed by atoms with Gasteiger partial charge in [0.15, 0.2) is 0 Å². The number of thioether (sulfide) groups is 1. The quantitative estimate of drug-likeness (QED) is 0.693. The smallest absolute Gasteiger partial charge is 0.255 e. The van der Waals surface area contributed by atoms with E-state index in [1.165, 1.54) is 11.0 Å². The zero-order valence-electron chi connectivity index (χ0n) is 17.1. The number of nitrogens with one attached hydrogen (secondary N) is 1. The van der Waals surface area contributed by atoms with Crippen LogP contribution in [-0.4, -0.2) is 24.7 Å². The minimum absolute atomic E-state index is 0.0188. The maximum atomic E-state index is 12.4. The Morgan fingerprint density at radius 3 is 2.62 bits per heavy atom. The first kappa shape index (κ1) is 20.9. The van der Waals surface area contributed by atoms with E-state index < -0.39 is 0 Å². The summed E-state index contributed by atoms with van der Waals surface area (Å²) in [7, 11) is 1.67. The summed E-state index contributed by atoms with van der Waals surface area (Å²) in [6, 6.07) is 14.4. The minimum Gasteiger partial charge on any atom is -0.507 e. The number of hydrogen-bond acceptors (Lipinski definition) is 5. The van der Waals surface area contributed by atoms with Gasteiger partial charge >= 0.3 is 0 Å². The number of hydrogen-bond donors (Lipinski definition) is 2. The van der Waals surface area contributed by atoms with Crippen LogP contribution in [0.15, 0.2) is 70.7 Å². The first-order valence-corrected chi connectivity index (χ1v) is 10.2. The summed E-state index contributed by atoms with van der Waals surface area (Å²) in [5, 5.41) is 13.9. The van der Waals surface area contributed by atoms with Crippen LogP contribution in [0.1, 0.15) is 31.1 Å². The van der Waals surface area contributed by atoms with Crippen LogP contribution >= 0.6 is 11.8 Å². The number of methoxy groups -OCH3 is 1. The third-order valence-corrected chi connectivity index (χ3v) is 5.48. The summed E-state index contributed by atoms with van der Waals surface area (Å²) in [5.41, 5.74) is 0.945. The van der Waals surface area contributed by atoms with Gasteiger partial charge in [-0.15, -0.1) is 0 Å². The summed E-state index contributed by atoms with van der Waals surface area (Å²) < 4.78 is 5.52. The summed E-state index contributed by atoms with van der Waals surface area (Å²) >= 11 is 1.69. The molecule has 152 valence electrons. The Morgan fingerprint density at radius 2 is 1.90 bits per heavy atom. The van der Waals surface area contributed by atoms with Crippen molar-refractivity contribution in [2.75, 3.05) is 18.6 Å². The van der Waals surface area contributed by atoms with Crippen LogP contribution in [0.25, 0.3) is 0 Å². The normalized spacial score (nSPS) is 15.4. The van der Waals surface area contributed by atoms with Gasteiger partial charge in [0, 0.05) is 23.1 Å². The highest BCUT2D eigenvalue weighted by molar-refractivity contribution is 8.07. The molecular weight excluding hydrogens is 384 g/mol. The van der Waals surface area contributed by atoms with Gasteiger partial charge < -0.3 is 20.1 Å². The zero-order chi connectivity index (χ0) is 21.0. The van der Waals surface area contributed by atoms with Gasteiger partial charge in [0.25, 0.3) is 5.91 Å². The highest BCUT2D eigenvalue weighted by atomic mass is 32.2. The second kappa shape index (κ2) is 8.66. The lowest BCUT2D eigenvalue weighted by atomic mass is 9.93. The van der Waals surface area contributed by atoms with Crippen LogP contribution in [0.2, 0.25) is 0 Å². The molecule has 0 aromatic heterocycles. The highest BCUT2D eigenvalue weighted by Gasteiger charge is 2.26. The average Bonchev–Trinajstić information content (AvgIpc) is 3.05. The van der Waals surface area contributed by atoms with Gasteiger partial charge in [-0.2, -0.15) is 0 Å². The first-order chi connectivity index (χ1) is 13.8. The van der Waals surface area contributed by atoms with Crippen LogP contribution in [0, 0.1) is 5.41 Å². The number of benzene rings is 2. The lowest BCUT2D eigenvalue weighted by Gasteiger charge is -2.26. The maximum Gasteiger partial charge on any atom is 0.255 e. The van der Waals surface area contributed by atoms with Gasteiger partial charge in [-0.3, -0.25) is 4.79 Å². The molecule has 1 aliphatic heterocycles. The molecule has 2 N–H and O–H groups in total. The van der Waals surface area contributed by atoms with Gasteiger partial charge in [-0.25, -0.2) is 0 Å². The number of amides is 1. The first-order valence-electron chi connectivity index (χ1n) is 9.38. The Labute approximate surface area is 176 Å². The van der Waals surface area contributed by atoms with Crippen molar-refractivity contribution in [3.8, 4) is 11.5 Å². The fourth-order valence-corrected chi connectivity index (χ4v) is 4.17. The van der Waals surface area contributed by atoms with E-state index in [1.54, 1.807) is 37.1 Å². The predicted molar refractivity (Wildman–Crippen MR) is 119 cm³/mol. The van der Waals surface area contributed by atoms with E-state index in [0.29, 0.717) is 6.54 Å². The number of nitrogens with zero attached hydrogens (tertiary/aromatic N) is 1. The summed E-state index contributed by atoms with van der Waals surface area (Å²) in [6.07, 6.45) is 4.24. The molecule has 0 radical (unpaired) electrons. The van der Waals surface area contributed by atoms with Gasteiger partial charge in [0.05, 0.1) is 23.4 Å². The van der Waals surface area contributed by atoms with Crippen molar-refractivity contribution in [1.82, 2.24) is 5.32 Å². The summed E-state index contributed by atoms with van der Waals surface area (Å²) in [5.74, 6) is 0.495. The Kier molecular flexibility index (Phi) is 6.23. The largest absolute Gasteiger partial charge is 0.507 e. The zero-order valence-corrected chi connectivity index (χ0v) is 17.9. The Balaban J connectivity index is 1.78. The number of phenols is 1. The maximum absolute atomic E-state index is 12.4. The SMILES string of the molecule is COc1ccccc1N1C=C(C)SC1=CC(C)(C)CNC(=O)c1ccccc1O. The summed E-state index contributed by atoms with van der Waals surface area (Å²) in [6.45, 7) is 6.64. The standard InChI is InChI=1S/C23H26N2O3S/c1-16-14-25(18-10-6-8-12-20(18)28-4)21(29-16)13-23(2,3)15-24-22(27)17-9-5-7-11-19(17)26/h5-14,26H,15H2,1-4H3,(H,24,27). The number of para-hydroxylation sites is 3. The van der Waals surface area contributed by atoms with Crippen LogP contribution in [0.4, 0.5) is 5.69 Å². The second-order valence-electron chi connectivity index (χ2n) is 7.55. The van der Waals surface area contributed by atoms with E-state index in [4.69, 9.17) is 4.74 Å². The lowest BCUT2D eigenvalue weighted by molar-refractivity contribution is 0.0940. The van der Waals surface area contributed by atoms with Crippen LogP contribution < -0.4 is 15.0 Å². The molecule has 1 amide bonds. The van der Waals surface area contributed by atoms with E-state index in [-0.39, 0.29) is 22.6 Å². The molecule has 1 heterocycles. The number of aromatic hydroxyl groups is 1. The van der Waals surface area contributed by atoms with Crippen LogP contribution in [0.3, 0.4) is 0 Å². The predicted octanol–water partition coefficient (Wildman–Crippen LogP) is 5.11. The van der Waals surface area contributed by atoms with Crippen LogP contribution in [0.5, 0.6) is 11.5 Å². The monoisotopic (exact) mass is 410 g/mol. The highest BCUT2D eigenvalue weighted by Crippen LogP contribution is 2.43. The third kappa shape index (κ3) is 4.95. The minimum atomic E-state index is -0.304. The van der Waals surface area contributed by atoms with E-state index >= 15 is 0 Å². The molecule has 0 aliphatic carbocycles. The number of carbonyl (C=O) groups excluding carboxylic acids is 1. The molecule has 0 fully saturated rings. The number of rotatable bonds is 6. The molecule has 0 saturated carbocycles. The van der Waals surface area contributed by atoms with Gasteiger partial charge in [-0.1, -0.05) is 49.9 Å². The van der Waals surface area contributed by atoms with Gasteiger partial charge in [-0.05, 0) is 37.3 Å². The van der Waals surface area contributed by atoms with Crippen molar-refractivity contribution >= 4 is 23.4 Å². The number of anilines is 1. The Morgan fingerprint density at radius 1 is 1.21 bits per heavy atom. The number of phenolic OH excluding ortho intramolecular Hbond substituents is 1. The van der Waals surface area contributed by atoms with Crippen molar-refractivity contribution in [3.63, 3.8) is 0 Å². The van der Waals surface area contributed by atoms with Gasteiger partial charge in [0.1, 0.15) is 11.5 Å². The van der Waals surface area contributed by atoms with Crippen molar-refractivity contribution in [2.24, 2.45) is 5.41 Å². The van der Waals surface area contributed by atoms with Gasteiger partial charge in [0.2, 0.25) is 0 Å². The molecule has 0 bridgehead atoms. The number of allylic oxidation sites excluding steroid dienone is 1. The molecule has 0 atom stereocenters. The van der Waals surface area contributed by atoms with E-state index in [2.05, 4.69) is 43.3 Å². The van der Waals surface area contributed by atoms with E-state index in [9.17, 15) is 9.90 Å². The molecule has 0 saturated heterocycles. The number of ether oxygens (including phenoxy) is 1. The lowest BCUT2D eigenvalue weighted by Crippen LogP contribution is -2.33. The fraction of sp³-hybridized carbons (Fsp3) is 0.261. The second-order valence-corrected chi connectivity index (χ2v) is 8.82. The molecule has 29 heavy (non-hydrogen) atoms. The molecule has 2 aromatic carbocycles. The van der Waals surface area contributed by atoms with Crippen molar-refractivity contribution in [3.05, 3.63) is 76.3 Å². The number of carbonyl (C=O) groups is 1. The molecule has 3 rings (SSSR count). The molecular formula is C23H26N2O3S. The van der Waals surface area contributed by atoms with Crippen molar-refractivity contribution < 1.29 is 14.6 Å². The molecule has 0 unspecified atom stereocenters. The third-order valence-electron chi connectivity index (χ3n) is 4.53.